The fraction of sp³-hybridized carbons (Fsp3) is 0.500. The summed E-state index contributed by atoms with van der Waals surface area (Å²) in [5, 5.41) is 0. The first-order valence-corrected chi connectivity index (χ1v) is 10.4. The Morgan fingerprint density at radius 1 is 1.11 bits per heavy atom. The molecule has 1 aliphatic carbocycles. The Morgan fingerprint density at radius 2 is 1.79 bits per heavy atom. The third-order valence-electron chi connectivity index (χ3n) is 3.31. The number of hydrogen-bond donors (Lipinski definition) is 0. The molecule has 3 heteroatoms. The lowest BCUT2D eigenvalue weighted by Crippen LogP contribution is -2.25. The average molecular weight is 276 g/mol. The quantitative estimate of drug-likeness (QED) is 0.742. The molecule has 1 unspecified atom stereocenters. The van der Waals surface area contributed by atoms with Gasteiger partial charge in [-0.1, -0.05) is 12.1 Å². The standard InChI is InChI=1S/C16H24O2Si/c1-17-15-10-8-13(9-11-15)14-6-5-7-16(12-14)18-19(2,3)4/h8-12,14H,5-7H2,1-4H3. The van der Waals surface area contributed by atoms with Crippen molar-refractivity contribution >= 4 is 8.32 Å². The Labute approximate surface area is 117 Å². The maximum Gasteiger partial charge on any atom is 0.241 e. The molecule has 0 spiro atoms. The average Bonchev–Trinajstić information content (AvgIpc) is 2.37. The first kappa shape index (κ1) is 14.2. The number of rotatable bonds is 4. The highest BCUT2D eigenvalue weighted by molar-refractivity contribution is 6.70. The molecule has 0 fully saturated rings. The minimum absolute atomic E-state index is 0.492. The monoisotopic (exact) mass is 276 g/mol. The molecule has 0 saturated heterocycles. The summed E-state index contributed by atoms with van der Waals surface area (Å²) in [5.41, 5.74) is 1.36. The van der Waals surface area contributed by atoms with Crippen LogP contribution in [0, 0.1) is 0 Å². The summed E-state index contributed by atoms with van der Waals surface area (Å²) < 4.78 is 11.4. The van der Waals surface area contributed by atoms with Gasteiger partial charge in [-0.15, -0.1) is 0 Å². The van der Waals surface area contributed by atoms with Crippen molar-refractivity contribution < 1.29 is 9.16 Å². The molecule has 0 amide bonds. The molecule has 1 atom stereocenters. The van der Waals surface area contributed by atoms with Gasteiger partial charge >= 0.3 is 0 Å². The van der Waals surface area contributed by atoms with Crippen LogP contribution >= 0.6 is 0 Å². The van der Waals surface area contributed by atoms with E-state index in [1.807, 2.05) is 12.1 Å². The van der Waals surface area contributed by atoms with Crippen molar-refractivity contribution in [2.24, 2.45) is 0 Å². The smallest absolute Gasteiger partial charge is 0.241 e. The van der Waals surface area contributed by atoms with Crippen molar-refractivity contribution in [2.75, 3.05) is 7.11 Å². The Kier molecular flexibility index (Phi) is 4.35. The molecule has 1 aromatic carbocycles. The van der Waals surface area contributed by atoms with Crippen LogP contribution in [0.1, 0.15) is 30.7 Å². The molecular formula is C16H24O2Si. The van der Waals surface area contributed by atoms with Crippen molar-refractivity contribution in [3.8, 4) is 5.75 Å². The lowest BCUT2D eigenvalue weighted by Gasteiger charge is -2.27. The van der Waals surface area contributed by atoms with Crippen molar-refractivity contribution in [3.63, 3.8) is 0 Å². The number of ether oxygens (including phenoxy) is 1. The van der Waals surface area contributed by atoms with Gasteiger partial charge in [-0.05, 0) is 56.3 Å². The van der Waals surface area contributed by atoms with Crippen LogP contribution in [0.15, 0.2) is 36.1 Å². The molecule has 0 radical (unpaired) electrons. The first-order chi connectivity index (χ1) is 8.98. The Bertz CT molecular complexity index is 443. The van der Waals surface area contributed by atoms with Gasteiger partial charge in [0.15, 0.2) is 0 Å². The second-order valence-corrected chi connectivity index (χ2v) is 10.5. The predicted molar refractivity (Wildman–Crippen MR) is 82.1 cm³/mol. The zero-order chi connectivity index (χ0) is 13.9. The van der Waals surface area contributed by atoms with Gasteiger partial charge in [0.05, 0.1) is 12.9 Å². The van der Waals surface area contributed by atoms with E-state index in [1.54, 1.807) is 7.11 Å². The summed E-state index contributed by atoms with van der Waals surface area (Å²) in [6, 6.07) is 8.41. The molecule has 2 rings (SSSR count). The van der Waals surface area contributed by atoms with E-state index in [2.05, 4.69) is 37.8 Å². The van der Waals surface area contributed by atoms with E-state index in [4.69, 9.17) is 9.16 Å². The fourth-order valence-corrected chi connectivity index (χ4v) is 3.44. The van der Waals surface area contributed by atoms with Crippen molar-refractivity contribution in [2.45, 2.75) is 44.8 Å². The molecule has 0 bridgehead atoms. The Balaban J connectivity index is 2.12. The van der Waals surface area contributed by atoms with Gasteiger partial charge in [0.1, 0.15) is 5.75 Å². The van der Waals surface area contributed by atoms with Crippen LogP contribution in [-0.2, 0) is 4.43 Å². The summed E-state index contributed by atoms with van der Waals surface area (Å²) in [4.78, 5) is 0. The van der Waals surface area contributed by atoms with Gasteiger partial charge in [-0.3, -0.25) is 0 Å². The number of benzene rings is 1. The lowest BCUT2D eigenvalue weighted by molar-refractivity contribution is 0.373. The first-order valence-electron chi connectivity index (χ1n) is 7.01. The van der Waals surface area contributed by atoms with Crippen molar-refractivity contribution in [1.82, 2.24) is 0 Å². The third kappa shape index (κ3) is 4.13. The highest BCUT2D eigenvalue weighted by atomic mass is 28.4. The minimum Gasteiger partial charge on any atom is -0.548 e. The molecular weight excluding hydrogens is 252 g/mol. The van der Waals surface area contributed by atoms with E-state index in [0.29, 0.717) is 5.92 Å². The predicted octanol–water partition coefficient (Wildman–Crippen LogP) is 4.70. The van der Waals surface area contributed by atoms with Crippen LogP contribution in [0.25, 0.3) is 0 Å². The SMILES string of the molecule is COc1ccc(C2C=C(O[Si](C)(C)C)CCC2)cc1. The number of hydrogen-bond acceptors (Lipinski definition) is 2. The Hall–Kier alpha value is -1.22. The van der Waals surface area contributed by atoms with E-state index in [1.165, 1.54) is 24.2 Å². The summed E-state index contributed by atoms with van der Waals surface area (Å²) in [7, 11) is 0.226. The fourth-order valence-electron chi connectivity index (χ4n) is 2.48. The molecule has 1 aliphatic rings. The van der Waals surface area contributed by atoms with Crippen LogP contribution in [-0.4, -0.2) is 15.4 Å². The van der Waals surface area contributed by atoms with E-state index >= 15 is 0 Å². The van der Waals surface area contributed by atoms with Crippen LogP contribution in [0.2, 0.25) is 19.6 Å². The number of methoxy groups -OCH3 is 1. The normalized spacial score (nSPS) is 19.8. The van der Waals surface area contributed by atoms with E-state index in [-0.39, 0.29) is 0 Å². The largest absolute Gasteiger partial charge is 0.548 e. The zero-order valence-electron chi connectivity index (χ0n) is 12.4. The van der Waals surface area contributed by atoms with Gasteiger partial charge in [-0.25, -0.2) is 0 Å². The van der Waals surface area contributed by atoms with E-state index in [0.717, 1.165) is 12.2 Å². The second-order valence-electron chi connectivity index (χ2n) is 6.12. The van der Waals surface area contributed by atoms with Crippen molar-refractivity contribution in [1.29, 1.82) is 0 Å². The second kappa shape index (κ2) is 5.82. The minimum atomic E-state index is -1.48. The third-order valence-corrected chi connectivity index (χ3v) is 4.18. The molecule has 0 heterocycles. The van der Waals surface area contributed by atoms with Crippen molar-refractivity contribution in [3.05, 3.63) is 41.7 Å². The van der Waals surface area contributed by atoms with Gasteiger partial charge in [-0.2, -0.15) is 0 Å². The highest BCUT2D eigenvalue weighted by Gasteiger charge is 2.22. The molecule has 0 aliphatic heterocycles. The van der Waals surface area contributed by atoms with Gasteiger partial charge in [0, 0.05) is 12.3 Å². The highest BCUT2D eigenvalue weighted by Crippen LogP contribution is 2.33. The van der Waals surface area contributed by atoms with Gasteiger partial charge in [0.25, 0.3) is 0 Å². The maximum atomic E-state index is 6.15. The topological polar surface area (TPSA) is 18.5 Å². The zero-order valence-corrected chi connectivity index (χ0v) is 13.4. The van der Waals surface area contributed by atoms with Crippen LogP contribution in [0.5, 0.6) is 5.75 Å². The van der Waals surface area contributed by atoms with E-state index in [9.17, 15) is 0 Å². The lowest BCUT2D eigenvalue weighted by atomic mass is 9.88. The van der Waals surface area contributed by atoms with E-state index < -0.39 is 8.32 Å². The molecule has 2 nitrogen and oxygen atoms in total. The van der Waals surface area contributed by atoms with Gasteiger partial charge in [0.2, 0.25) is 8.32 Å². The molecule has 0 N–H and O–H groups in total. The summed E-state index contributed by atoms with van der Waals surface area (Å²) >= 11 is 0. The van der Waals surface area contributed by atoms with Crippen LogP contribution in [0.3, 0.4) is 0 Å². The maximum absolute atomic E-state index is 6.15. The molecule has 0 saturated carbocycles. The summed E-state index contributed by atoms with van der Waals surface area (Å²) in [6.45, 7) is 6.72. The number of allylic oxidation sites excluding steroid dienone is 2. The molecule has 104 valence electrons. The van der Waals surface area contributed by atoms with Gasteiger partial charge < -0.3 is 9.16 Å². The molecule has 1 aromatic rings. The summed E-state index contributed by atoms with van der Waals surface area (Å²) in [5.74, 6) is 2.61. The van der Waals surface area contributed by atoms with Crippen LogP contribution < -0.4 is 4.74 Å². The Morgan fingerprint density at radius 3 is 2.37 bits per heavy atom. The molecule has 19 heavy (non-hydrogen) atoms. The molecule has 0 aromatic heterocycles. The summed E-state index contributed by atoms with van der Waals surface area (Å²) in [6.07, 6.45) is 5.85. The van der Waals surface area contributed by atoms with Crippen LogP contribution in [0.4, 0.5) is 0 Å².